The second-order valence-electron chi connectivity index (χ2n) is 13.1. The van der Waals surface area contributed by atoms with Gasteiger partial charge in [-0.2, -0.15) is 0 Å². The van der Waals surface area contributed by atoms with Gasteiger partial charge in [0.05, 0.1) is 11.0 Å². The summed E-state index contributed by atoms with van der Waals surface area (Å²) in [6, 6.07) is 8.73. The minimum Gasteiger partial charge on any atom is -0.490 e. The number of rotatable bonds is 7. The van der Waals surface area contributed by atoms with Gasteiger partial charge in [0.1, 0.15) is 22.9 Å². The molecule has 0 radical (unpaired) electrons. The molecule has 38 heavy (non-hydrogen) atoms. The van der Waals surface area contributed by atoms with Crippen LogP contribution < -0.4 is 0 Å². The Bertz CT molecular complexity index is 1250. The highest BCUT2D eigenvalue weighted by Gasteiger charge is 2.75. The summed E-state index contributed by atoms with van der Waals surface area (Å²) in [7, 11) is 0. The van der Waals surface area contributed by atoms with Crippen molar-refractivity contribution in [3.63, 3.8) is 0 Å². The average molecular weight is 519 g/mol. The Morgan fingerprint density at radius 3 is 2.18 bits per heavy atom. The second-order valence-corrected chi connectivity index (χ2v) is 13.1. The molecule has 4 rings (SSSR count). The largest absolute Gasteiger partial charge is 0.490 e. The summed E-state index contributed by atoms with van der Waals surface area (Å²) in [4.78, 5) is 43.7. The van der Waals surface area contributed by atoms with E-state index in [0.29, 0.717) is 12.0 Å². The fourth-order valence-corrected chi connectivity index (χ4v) is 6.80. The van der Waals surface area contributed by atoms with Gasteiger partial charge >= 0.3 is 0 Å². The number of allylic oxidation sites excluding steroid dienone is 6. The maximum Gasteiger partial charge on any atom is 0.200 e. The van der Waals surface area contributed by atoms with Gasteiger partial charge in [-0.15, -0.1) is 0 Å². The van der Waals surface area contributed by atoms with Crippen molar-refractivity contribution in [2.45, 2.75) is 92.8 Å². The van der Waals surface area contributed by atoms with Crippen molar-refractivity contribution in [1.82, 2.24) is 0 Å². The van der Waals surface area contributed by atoms with Crippen LogP contribution in [0.3, 0.4) is 0 Å². The third-order valence-corrected chi connectivity index (χ3v) is 9.29. The predicted octanol–water partition coefficient (Wildman–Crippen LogP) is 6.57. The number of carbonyl (C=O) groups excluding carboxylic acids is 3. The van der Waals surface area contributed by atoms with Crippen LogP contribution >= 0.6 is 0 Å². The Kier molecular flexibility index (Phi) is 7.01. The molecule has 1 spiro atoms. The first-order valence-corrected chi connectivity index (χ1v) is 13.7. The van der Waals surface area contributed by atoms with E-state index in [1.807, 2.05) is 39.8 Å². The topological polar surface area (TPSA) is 80.7 Å². The quantitative estimate of drug-likeness (QED) is 0.191. The molecule has 2 bridgehead atoms. The number of hydrogen-bond acceptors (Lipinski definition) is 5. The van der Waals surface area contributed by atoms with Crippen molar-refractivity contribution in [2.75, 3.05) is 0 Å². The molecule has 204 valence electrons. The lowest BCUT2D eigenvalue weighted by molar-refractivity contribution is -0.169. The minimum absolute atomic E-state index is 0.00264. The predicted molar refractivity (Wildman–Crippen MR) is 148 cm³/mol. The van der Waals surface area contributed by atoms with E-state index < -0.39 is 39.5 Å². The van der Waals surface area contributed by atoms with Gasteiger partial charge < -0.3 is 9.84 Å². The summed E-state index contributed by atoms with van der Waals surface area (Å²) in [5, 5.41) is 11.0. The highest BCUT2D eigenvalue weighted by Crippen LogP contribution is 2.69. The molecule has 5 nitrogen and oxygen atoms in total. The molecule has 1 N–H and O–H groups in total. The third kappa shape index (κ3) is 4.14. The normalized spacial score (nSPS) is 29.9. The van der Waals surface area contributed by atoms with Crippen LogP contribution in [0, 0.1) is 22.2 Å². The van der Waals surface area contributed by atoms with Gasteiger partial charge in [-0.3, -0.25) is 14.4 Å². The Balaban J connectivity index is 2.06. The van der Waals surface area contributed by atoms with Gasteiger partial charge in [0.2, 0.25) is 0 Å². The van der Waals surface area contributed by atoms with Crippen LogP contribution in [-0.2, 0) is 14.3 Å². The SMILES string of the molecule is CC(C)=CC[C@H]1C[C@]23C[C@H](C(C)(C)O)OC2=C(C(=O)c2ccccc2)C(=O)[C@@](CC=C(C)C)(C3=O)C1(C)C. The van der Waals surface area contributed by atoms with E-state index in [2.05, 4.69) is 19.9 Å². The molecule has 0 unspecified atom stereocenters. The molecule has 5 heteroatoms. The highest BCUT2D eigenvalue weighted by atomic mass is 16.5. The molecule has 1 aliphatic heterocycles. The van der Waals surface area contributed by atoms with Crippen molar-refractivity contribution in [2.24, 2.45) is 22.2 Å². The summed E-state index contributed by atoms with van der Waals surface area (Å²) in [6.07, 6.45) is 5.11. The van der Waals surface area contributed by atoms with Crippen LogP contribution in [0.15, 0.2) is 65.0 Å². The lowest BCUT2D eigenvalue weighted by Crippen LogP contribution is -2.66. The fourth-order valence-electron chi connectivity index (χ4n) is 6.80. The standard InChI is InChI=1S/C33H42O5/c1-20(2)14-15-23-18-32-19-24(31(7,8)37)38-28(32)25(26(34)22-12-10-9-11-13-22)27(35)33(29(32)36,30(23,5)6)17-16-21(3)4/h9-14,16,23-24,37H,15,17-19H2,1-8H3/t23-,24+,32-,33-/m0/s1. The van der Waals surface area contributed by atoms with Crippen molar-refractivity contribution >= 4 is 17.3 Å². The fraction of sp³-hybridized carbons (Fsp3) is 0.545. The Labute approximate surface area is 227 Å². The number of hydrogen-bond donors (Lipinski definition) is 1. The van der Waals surface area contributed by atoms with E-state index in [1.165, 1.54) is 5.57 Å². The molecular formula is C33H42O5. The molecule has 2 aliphatic carbocycles. The monoisotopic (exact) mass is 518 g/mol. The van der Waals surface area contributed by atoms with E-state index in [9.17, 15) is 19.5 Å². The molecule has 2 fully saturated rings. The number of benzene rings is 1. The number of ether oxygens (including phenoxy) is 1. The zero-order valence-corrected chi connectivity index (χ0v) is 24.1. The molecule has 1 aromatic carbocycles. The molecule has 0 amide bonds. The van der Waals surface area contributed by atoms with Gasteiger partial charge in [-0.1, -0.05) is 67.5 Å². The third-order valence-electron chi connectivity index (χ3n) is 9.29. The molecular weight excluding hydrogens is 476 g/mol. The van der Waals surface area contributed by atoms with Gasteiger partial charge in [-0.25, -0.2) is 0 Å². The maximum atomic E-state index is 14.9. The second kappa shape index (κ2) is 9.44. The zero-order chi connectivity index (χ0) is 28.3. The first kappa shape index (κ1) is 28.2. The van der Waals surface area contributed by atoms with E-state index in [-0.39, 0.29) is 35.9 Å². The number of fused-ring (bicyclic) bond motifs is 1. The molecule has 1 heterocycles. The Hall–Kier alpha value is -2.79. The number of Topliss-reactive ketones (excluding diaryl/α,β-unsaturated/α-hetero) is 3. The van der Waals surface area contributed by atoms with Gasteiger partial charge in [0, 0.05) is 12.0 Å². The maximum absolute atomic E-state index is 14.9. The van der Waals surface area contributed by atoms with E-state index in [0.717, 1.165) is 12.0 Å². The van der Waals surface area contributed by atoms with Crippen LogP contribution in [0.5, 0.6) is 0 Å². The zero-order valence-electron chi connectivity index (χ0n) is 24.1. The molecule has 1 saturated carbocycles. The summed E-state index contributed by atoms with van der Waals surface area (Å²) in [6.45, 7) is 15.4. The molecule has 0 aromatic heterocycles. The number of ketones is 3. The van der Waals surface area contributed by atoms with Gasteiger partial charge in [0.25, 0.3) is 0 Å². The molecule has 1 saturated heterocycles. The lowest BCUT2D eigenvalue weighted by atomic mass is 9.40. The van der Waals surface area contributed by atoms with Crippen molar-refractivity contribution in [3.8, 4) is 0 Å². The van der Waals surface area contributed by atoms with Crippen molar-refractivity contribution < 1.29 is 24.2 Å². The molecule has 3 aliphatic rings. The summed E-state index contributed by atoms with van der Waals surface area (Å²) >= 11 is 0. The average Bonchev–Trinajstić information content (AvgIpc) is 3.21. The minimum atomic E-state index is -1.41. The van der Waals surface area contributed by atoms with Gasteiger partial charge in [-0.05, 0) is 72.1 Å². The molecule has 4 atom stereocenters. The first-order valence-electron chi connectivity index (χ1n) is 13.7. The van der Waals surface area contributed by atoms with Crippen LogP contribution in [0.25, 0.3) is 0 Å². The first-order chi connectivity index (χ1) is 17.6. The van der Waals surface area contributed by atoms with Crippen LogP contribution in [0.2, 0.25) is 0 Å². The summed E-state index contributed by atoms with van der Waals surface area (Å²) in [5.74, 6) is -0.838. The Morgan fingerprint density at radius 2 is 1.63 bits per heavy atom. The summed E-state index contributed by atoms with van der Waals surface area (Å²) < 4.78 is 6.35. The van der Waals surface area contributed by atoms with Crippen molar-refractivity contribution in [3.05, 3.63) is 70.5 Å². The molecule has 1 aromatic rings. The van der Waals surface area contributed by atoms with E-state index in [4.69, 9.17) is 4.74 Å². The number of carbonyl (C=O) groups is 3. The van der Waals surface area contributed by atoms with E-state index in [1.54, 1.807) is 38.1 Å². The number of aliphatic hydroxyl groups is 1. The van der Waals surface area contributed by atoms with Gasteiger partial charge in [0.15, 0.2) is 17.3 Å². The van der Waals surface area contributed by atoms with E-state index >= 15 is 0 Å². The van der Waals surface area contributed by atoms with Crippen LogP contribution in [0.1, 0.15) is 91.4 Å². The smallest absolute Gasteiger partial charge is 0.200 e. The van der Waals surface area contributed by atoms with Crippen LogP contribution in [0.4, 0.5) is 0 Å². The lowest BCUT2D eigenvalue weighted by Gasteiger charge is -2.59. The Morgan fingerprint density at radius 1 is 1.03 bits per heavy atom. The highest BCUT2D eigenvalue weighted by molar-refractivity contribution is 6.35. The van der Waals surface area contributed by atoms with Crippen molar-refractivity contribution in [1.29, 1.82) is 0 Å². The van der Waals surface area contributed by atoms with Crippen LogP contribution in [-0.4, -0.2) is 34.2 Å². The summed E-state index contributed by atoms with van der Waals surface area (Å²) in [5.41, 5.74) is -1.96.